The highest BCUT2D eigenvalue weighted by molar-refractivity contribution is 5.54. The lowest BCUT2D eigenvalue weighted by Crippen LogP contribution is -1.88. The van der Waals surface area contributed by atoms with E-state index in [1.165, 1.54) is 38.5 Å². The highest BCUT2D eigenvalue weighted by Crippen LogP contribution is 2.22. The molecule has 0 atom stereocenters. The summed E-state index contributed by atoms with van der Waals surface area (Å²) in [7, 11) is 0. The van der Waals surface area contributed by atoms with Gasteiger partial charge in [0.1, 0.15) is 0 Å². The quantitative estimate of drug-likeness (QED) is 0.227. The maximum atomic E-state index is 10.5. The van der Waals surface area contributed by atoms with Crippen molar-refractivity contribution in [1.82, 2.24) is 0 Å². The van der Waals surface area contributed by atoms with E-state index in [9.17, 15) is 9.59 Å². The van der Waals surface area contributed by atoms with Gasteiger partial charge in [0.2, 0.25) is 12.2 Å². The van der Waals surface area contributed by atoms with Crippen LogP contribution in [0.4, 0.5) is 11.4 Å². The first kappa shape index (κ1) is 21.5. The predicted octanol–water partition coefficient (Wildman–Crippen LogP) is 6.53. The second-order valence-electron chi connectivity index (χ2n) is 6.99. The minimum absolute atomic E-state index is 0.748. The zero-order valence-corrected chi connectivity index (χ0v) is 16.4. The number of hydrogen-bond acceptors (Lipinski definition) is 4. The molecule has 2 aromatic rings. The Kier molecular flexibility index (Phi) is 10.3. The van der Waals surface area contributed by atoms with Crippen molar-refractivity contribution in [3.63, 3.8) is 0 Å². The van der Waals surface area contributed by atoms with Gasteiger partial charge < -0.3 is 0 Å². The van der Waals surface area contributed by atoms with Gasteiger partial charge in [0.25, 0.3) is 0 Å². The maximum absolute atomic E-state index is 10.5. The maximum Gasteiger partial charge on any atom is 0.240 e. The third kappa shape index (κ3) is 7.84. The van der Waals surface area contributed by atoms with Crippen LogP contribution in [0.15, 0.2) is 58.5 Å². The van der Waals surface area contributed by atoms with E-state index < -0.39 is 0 Å². The van der Waals surface area contributed by atoms with E-state index in [1.54, 1.807) is 12.2 Å². The molecule has 146 valence electrons. The molecule has 0 saturated carbocycles. The molecule has 2 aromatic carbocycles. The number of nitrogens with zero attached hydrogens (tertiary/aromatic N) is 2. The molecule has 0 aromatic heterocycles. The Balaban J connectivity index is 1.53. The summed E-state index contributed by atoms with van der Waals surface area (Å²) in [5, 5.41) is 0. The second kappa shape index (κ2) is 13.4. The normalized spacial score (nSPS) is 10.1. The third-order valence-corrected chi connectivity index (χ3v) is 4.96. The number of hydrogen-bond donors (Lipinski definition) is 0. The highest BCUT2D eigenvalue weighted by Gasteiger charge is 2.02. The van der Waals surface area contributed by atoms with Crippen LogP contribution in [0.2, 0.25) is 0 Å². The molecule has 0 bridgehead atoms. The van der Waals surface area contributed by atoms with Gasteiger partial charge in [-0.05, 0) is 48.9 Å². The second-order valence-corrected chi connectivity index (χ2v) is 6.99. The Hall–Kier alpha value is -2.80. The van der Waals surface area contributed by atoms with Gasteiger partial charge in [0.15, 0.2) is 0 Å². The molecule has 0 aliphatic carbocycles. The molecule has 0 N–H and O–H groups in total. The van der Waals surface area contributed by atoms with E-state index in [-0.39, 0.29) is 0 Å². The molecule has 0 saturated heterocycles. The first-order valence-electron chi connectivity index (χ1n) is 10.2. The van der Waals surface area contributed by atoms with Crippen molar-refractivity contribution in [3.8, 4) is 0 Å². The molecule has 28 heavy (non-hydrogen) atoms. The summed E-state index contributed by atoms with van der Waals surface area (Å²) in [6.45, 7) is 0. The van der Waals surface area contributed by atoms with Crippen molar-refractivity contribution in [2.24, 2.45) is 9.98 Å². The van der Waals surface area contributed by atoms with Gasteiger partial charge in [0.05, 0.1) is 11.4 Å². The summed E-state index contributed by atoms with van der Waals surface area (Å²) in [4.78, 5) is 28.5. The topological polar surface area (TPSA) is 58.9 Å². The summed E-state index contributed by atoms with van der Waals surface area (Å²) in [5.41, 5.74) is 3.76. The minimum atomic E-state index is 0.748. The lowest BCUT2D eigenvalue weighted by molar-refractivity contribution is 0.563. The molecule has 0 unspecified atom stereocenters. The molecule has 0 radical (unpaired) electrons. The van der Waals surface area contributed by atoms with E-state index in [2.05, 4.69) is 9.98 Å². The molecule has 0 aliphatic rings. The fourth-order valence-corrected chi connectivity index (χ4v) is 3.45. The van der Waals surface area contributed by atoms with E-state index in [4.69, 9.17) is 0 Å². The van der Waals surface area contributed by atoms with Crippen LogP contribution in [-0.2, 0) is 22.4 Å². The lowest BCUT2D eigenvalue weighted by Gasteiger charge is -2.06. The van der Waals surface area contributed by atoms with Gasteiger partial charge in [0, 0.05) is 0 Å². The molecule has 0 aliphatic heterocycles. The smallest absolute Gasteiger partial charge is 0.211 e. The zero-order chi connectivity index (χ0) is 19.9. The lowest BCUT2D eigenvalue weighted by atomic mass is 10.0. The number of para-hydroxylation sites is 2. The largest absolute Gasteiger partial charge is 0.240 e. The van der Waals surface area contributed by atoms with Gasteiger partial charge in [-0.15, -0.1) is 0 Å². The SMILES string of the molecule is O=C=Nc1ccccc1CCCCCCCCCCc1ccccc1N=C=O. The molecule has 0 amide bonds. The molecular weight excluding hydrogens is 348 g/mol. The summed E-state index contributed by atoms with van der Waals surface area (Å²) in [6, 6.07) is 15.6. The fraction of sp³-hybridized carbons (Fsp3) is 0.417. The van der Waals surface area contributed by atoms with E-state index >= 15 is 0 Å². The zero-order valence-electron chi connectivity index (χ0n) is 16.4. The van der Waals surface area contributed by atoms with Crippen molar-refractivity contribution in [2.45, 2.75) is 64.2 Å². The molecule has 2 rings (SSSR count). The van der Waals surface area contributed by atoms with Crippen molar-refractivity contribution < 1.29 is 9.59 Å². The van der Waals surface area contributed by atoms with Gasteiger partial charge in [-0.1, -0.05) is 74.9 Å². The van der Waals surface area contributed by atoms with Gasteiger partial charge in [-0.25, -0.2) is 9.59 Å². The Bertz CT molecular complexity index is 749. The molecule has 0 fully saturated rings. The van der Waals surface area contributed by atoms with Gasteiger partial charge in [-0.3, -0.25) is 0 Å². The van der Waals surface area contributed by atoms with E-state index in [0.717, 1.165) is 48.2 Å². The van der Waals surface area contributed by atoms with Crippen molar-refractivity contribution in [1.29, 1.82) is 0 Å². The van der Waals surface area contributed by atoms with Gasteiger partial charge >= 0.3 is 0 Å². The first-order valence-corrected chi connectivity index (χ1v) is 10.2. The number of rotatable bonds is 13. The fourth-order valence-electron chi connectivity index (χ4n) is 3.45. The number of aryl methyl sites for hydroxylation is 2. The summed E-state index contributed by atoms with van der Waals surface area (Å²) < 4.78 is 0. The molecular formula is C24H28N2O2. The van der Waals surface area contributed by atoms with Crippen LogP contribution >= 0.6 is 0 Å². The Morgan fingerprint density at radius 1 is 0.536 bits per heavy atom. The molecule has 4 nitrogen and oxygen atoms in total. The van der Waals surface area contributed by atoms with E-state index in [0.29, 0.717) is 0 Å². The van der Waals surface area contributed by atoms with Gasteiger partial charge in [-0.2, -0.15) is 9.98 Å². The van der Waals surface area contributed by atoms with Crippen molar-refractivity contribution >= 4 is 23.5 Å². The Labute approximate surface area is 167 Å². The number of carbonyl (C=O) groups excluding carboxylic acids is 2. The molecule has 0 spiro atoms. The van der Waals surface area contributed by atoms with Crippen LogP contribution < -0.4 is 0 Å². The van der Waals surface area contributed by atoms with Crippen LogP contribution in [-0.4, -0.2) is 12.2 Å². The minimum Gasteiger partial charge on any atom is -0.211 e. The third-order valence-electron chi connectivity index (χ3n) is 4.96. The van der Waals surface area contributed by atoms with Crippen molar-refractivity contribution in [2.75, 3.05) is 0 Å². The van der Waals surface area contributed by atoms with Crippen LogP contribution in [0.5, 0.6) is 0 Å². The predicted molar refractivity (Wildman–Crippen MR) is 113 cm³/mol. The average molecular weight is 376 g/mol. The standard InChI is InChI=1S/C24H28N2O2/c27-19-25-23-17-11-9-15-21(23)13-7-5-3-1-2-4-6-8-14-22-16-10-12-18-24(22)26-20-28/h9-12,15-18H,1-8,13-14H2. The monoisotopic (exact) mass is 376 g/mol. The van der Waals surface area contributed by atoms with Crippen LogP contribution in [0.1, 0.15) is 62.5 Å². The summed E-state index contributed by atoms with van der Waals surface area (Å²) in [6.07, 6.45) is 14.9. The molecule has 4 heteroatoms. The van der Waals surface area contributed by atoms with E-state index in [1.807, 2.05) is 48.5 Å². The highest BCUT2D eigenvalue weighted by atomic mass is 16.1. The van der Waals surface area contributed by atoms with Crippen molar-refractivity contribution in [3.05, 3.63) is 59.7 Å². The Morgan fingerprint density at radius 2 is 0.893 bits per heavy atom. The summed E-state index contributed by atoms with van der Waals surface area (Å²) in [5.74, 6) is 0. The van der Waals surface area contributed by atoms with Crippen LogP contribution in [0, 0.1) is 0 Å². The number of aliphatic imine (C=N–C) groups is 2. The Morgan fingerprint density at radius 3 is 1.29 bits per heavy atom. The van der Waals surface area contributed by atoms with Crippen LogP contribution in [0.25, 0.3) is 0 Å². The number of benzene rings is 2. The first-order chi connectivity index (χ1) is 13.8. The van der Waals surface area contributed by atoms with Crippen LogP contribution in [0.3, 0.4) is 0 Å². The average Bonchev–Trinajstić information content (AvgIpc) is 2.72. The number of unbranched alkanes of at least 4 members (excludes halogenated alkanes) is 7. The number of isocyanates is 2. The summed E-state index contributed by atoms with van der Waals surface area (Å²) >= 11 is 0. The molecule has 0 heterocycles.